The molecule has 0 aromatic carbocycles. The van der Waals surface area contributed by atoms with E-state index >= 15 is 0 Å². The van der Waals surface area contributed by atoms with Crippen LogP contribution in [-0.4, -0.2) is 0 Å². The Kier molecular flexibility index (Phi) is 9.24. The second-order valence-corrected chi connectivity index (χ2v) is 5.06. The van der Waals surface area contributed by atoms with Crippen LogP contribution in [0.5, 0.6) is 0 Å². The van der Waals surface area contributed by atoms with Gasteiger partial charge in [0.15, 0.2) is 0 Å². The van der Waals surface area contributed by atoms with Crippen LogP contribution in [0.15, 0.2) is 0 Å². The SMILES string of the molecule is CC.CCC(CC)CC1CCCC(C)C1. The summed E-state index contributed by atoms with van der Waals surface area (Å²) in [5, 5.41) is 0. The van der Waals surface area contributed by atoms with Crippen LogP contribution in [0.4, 0.5) is 0 Å². The molecule has 0 nitrogen and oxygen atoms in total. The molecule has 0 spiro atoms. The normalized spacial score (nSPS) is 26.0. The lowest BCUT2D eigenvalue weighted by atomic mass is 9.77. The molecule has 0 heteroatoms. The fraction of sp³-hybridized carbons (Fsp3) is 1.00. The minimum absolute atomic E-state index is 1.01. The molecular formula is C15H32. The molecule has 0 radical (unpaired) electrons. The summed E-state index contributed by atoms with van der Waals surface area (Å²) in [6, 6.07) is 0. The van der Waals surface area contributed by atoms with E-state index in [9.17, 15) is 0 Å². The monoisotopic (exact) mass is 212 g/mol. The second kappa shape index (κ2) is 9.24. The van der Waals surface area contributed by atoms with Crippen LogP contribution in [0.2, 0.25) is 0 Å². The third-order valence-electron chi connectivity index (χ3n) is 3.87. The Morgan fingerprint density at radius 2 is 1.67 bits per heavy atom. The maximum Gasteiger partial charge on any atom is -0.0409 e. The van der Waals surface area contributed by atoms with Crippen LogP contribution in [0.25, 0.3) is 0 Å². The van der Waals surface area contributed by atoms with Crippen LogP contribution in [0.3, 0.4) is 0 Å². The quantitative estimate of drug-likeness (QED) is 0.563. The van der Waals surface area contributed by atoms with Crippen molar-refractivity contribution in [1.82, 2.24) is 0 Å². The first-order valence-electron chi connectivity index (χ1n) is 7.26. The Labute approximate surface area is 97.8 Å². The third-order valence-corrected chi connectivity index (χ3v) is 3.87. The summed E-state index contributed by atoms with van der Waals surface area (Å²) < 4.78 is 0. The summed E-state index contributed by atoms with van der Waals surface area (Å²) in [5.41, 5.74) is 0. The molecule has 1 fully saturated rings. The van der Waals surface area contributed by atoms with Gasteiger partial charge in [-0.15, -0.1) is 0 Å². The van der Waals surface area contributed by atoms with Crippen molar-refractivity contribution in [2.45, 2.75) is 79.6 Å². The molecule has 0 aromatic heterocycles. The van der Waals surface area contributed by atoms with E-state index in [0.29, 0.717) is 0 Å². The Morgan fingerprint density at radius 1 is 1.07 bits per heavy atom. The smallest absolute Gasteiger partial charge is 0.0409 e. The second-order valence-electron chi connectivity index (χ2n) is 5.06. The summed E-state index contributed by atoms with van der Waals surface area (Å²) in [7, 11) is 0. The van der Waals surface area contributed by atoms with Gasteiger partial charge in [0.1, 0.15) is 0 Å². The Morgan fingerprint density at radius 3 is 2.13 bits per heavy atom. The van der Waals surface area contributed by atoms with Crippen molar-refractivity contribution >= 4 is 0 Å². The number of rotatable bonds is 4. The van der Waals surface area contributed by atoms with E-state index in [1.165, 1.54) is 44.9 Å². The van der Waals surface area contributed by atoms with E-state index in [1.807, 2.05) is 13.8 Å². The lowest BCUT2D eigenvalue weighted by Crippen LogP contribution is -2.16. The molecule has 0 saturated heterocycles. The first-order valence-corrected chi connectivity index (χ1v) is 7.26. The zero-order chi connectivity index (χ0) is 11.7. The number of hydrogen-bond acceptors (Lipinski definition) is 0. The van der Waals surface area contributed by atoms with Crippen LogP contribution >= 0.6 is 0 Å². The molecule has 2 unspecified atom stereocenters. The topological polar surface area (TPSA) is 0 Å². The fourth-order valence-electron chi connectivity index (χ4n) is 2.87. The highest BCUT2D eigenvalue weighted by atomic mass is 14.3. The molecule has 15 heavy (non-hydrogen) atoms. The standard InChI is InChI=1S/C13H26.C2H6/c1-4-12(5-2)10-13-8-6-7-11(3)9-13;1-2/h11-13H,4-10H2,1-3H3;1-2H3. The zero-order valence-electron chi connectivity index (χ0n) is 11.7. The van der Waals surface area contributed by atoms with E-state index in [2.05, 4.69) is 20.8 Å². The van der Waals surface area contributed by atoms with Gasteiger partial charge in [0.25, 0.3) is 0 Å². The molecule has 0 N–H and O–H groups in total. The van der Waals surface area contributed by atoms with E-state index in [1.54, 1.807) is 0 Å². The highest BCUT2D eigenvalue weighted by molar-refractivity contribution is 4.72. The van der Waals surface area contributed by atoms with Crippen molar-refractivity contribution in [3.8, 4) is 0 Å². The molecule has 0 bridgehead atoms. The van der Waals surface area contributed by atoms with Crippen molar-refractivity contribution < 1.29 is 0 Å². The van der Waals surface area contributed by atoms with E-state index < -0.39 is 0 Å². The average molecular weight is 212 g/mol. The average Bonchev–Trinajstić information content (AvgIpc) is 2.29. The fourth-order valence-corrected chi connectivity index (χ4v) is 2.87. The van der Waals surface area contributed by atoms with E-state index in [-0.39, 0.29) is 0 Å². The number of hydrogen-bond donors (Lipinski definition) is 0. The van der Waals surface area contributed by atoms with Gasteiger partial charge in [-0.3, -0.25) is 0 Å². The largest absolute Gasteiger partial charge is 0.0683 e. The van der Waals surface area contributed by atoms with Crippen LogP contribution in [-0.2, 0) is 0 Å². The molecule has 0 aliphatic heterocycles. The van der Waals surface area contributed by atoms with Gasteiger partial charge in [-0.05, 0) is 30.6 Å². The minimum atomic E-state index is 1.01. The van der Waals surface area contributed by atoms with E-state index in [4.69, 9.17) is 0 Å². The van der Waals surface area contributed by atoms with Gasteiger partial charge in [-0.1, -0.05) is 66.7 Å². The molecule has 92 valence electrons. The third kappa shape index (κ3) is 6.22. The molecule has 0 heterocycles. The molecule has 2 atom stereocenters. The molecular weight excluding hydrogens is 180 g/mol. The molecule has 1 rings (SSSR count). The molecule has 0 aromatic rings. The Balaban J connectivity index is 0.000000921. The van der Waals surface area contributed by atoms with Crippen LogP contribution in [0, 0.1) is 17.8 Å². The van der Waals surface area contributed by atoms with Gasteiger partial charge in [-0.25, -0.2) is 0 Å². The van der Waals surface area contributed by atoms with Gasteiger partial charge in [0.05, 0.1) is 0 Å². The summed E-state index contributed by atoms with van der Waals surface area (Å²) in [4.78, 5) is 0. The van der Waals surface area contributed by atoms with Gasteiger partial charge in [0.2, 0.25) is 0 Å². The predicted octanol–water partition coefficient (Wildman–Crippen LogP) is 5.67. The van der Waals surface area contributed by atoms with Crippen LogP contribution in [0.1, 0.15) is 79.6 Å². The maximum absolute atomic E-state index is 2.43. The van der Waals surface area contributed by atoms with Crippen molar-refractivity contribution in [1.29, 1.82) is 0 Å². The zero-order valence-corrected chi connectivity index (χ0v) is 11.7. The minimum Gasteiger partial charge on any atom is -0.0683 e. The van der Waals surface area contributed by atoms with Crippen molar-refractivity contribution in [2.24, 2.45) is 17.8 Å². The summed E-state index contributed by atoms with van der Waals surface area (Å²) in [5.74, 6) is 3.08. The maximum atomic E-state index is 2.43. The van der Waals surface area contributed by atoms with Gasteiger partial charge in [0, 0.05) is 0 Å². The van der Waals surface area contributed by atoms with Crippen molar-refractivity contribution in [3.63, 3.8) is 0 Å². The van der Waals surface area contributed by atoms with Gasteiger partial charge in [-0.2, -0.15) is 0 Å². The summed E-state index contributed by atoms with van der Waals surface area (Å²) >= 11 is 0. The van der Waals surface area contributed by atoms with Gasteiger partial charge < -0.3 is 0 Å². The molecule has 1 aliphatic carbocycles. The lowest BCUT2D eigenvalue weighted by molar-refractivity contribution is 0.233. The van der Waals surface area contributed by atoms with Crippen LogP contribution < -0.4 is 0 Å². The van der Waals surface area contributed by atoms with Gasteiger partial charge >= 0.3 is 0 Å². The predicted molar refractivity (Wildman–Crippen MR) is 71.2 cm³/mol. The highest BCUT2D eigenvalue weighted by Crippen LogP contribution is 2.34. The first kappa shape index (κ1) is 15.0. The Hall–Kier alpha value is 0. The summed E-state index contributed by atoms with van der Waals surface area (Å²) in [6.45, 7) is 11.1. The highest BCUT2D eigenvalue weighted by Gasteiger charge is 2.20. The molecule has 0 amide bonds. The first-order chi connectivity index (χ1) is 7.26. The lowest BCUT2D eigenvalue weighted by Gasteiger charge is -2.29. The van der Waals surface area contributed by atoms with Crippen molar-refractivity contribution in [2.75, 3.05) is 0 Å². The molecule has 1 aliphatic rings. The Bertz CT molecular complexity index is 124. The molecule has 1 saturated carbocycles. The van der Waals surface area contributed by atoms with E-state index in [0.717, 1.165) is 17.8 Å². The summed E-state index contributed by atoms with van der Waals surface area (Å²) in [6.07, 6.45) is 10.3. The van der Waals surface area contributed by atoms with Crippen molar-refractivity contribution in [3.05, 3.63) is 0 Å².